The molecule has 1 fully saturated rings. The van der Waals surface area contributed by atoms with Crippen molar-refractivity contribution in [2.75, 3.05) is 6.54 Å². The minimum Gasteiger partial charge on any atom is -0.385 e. The van der Waals surface area contributed by atoms with E-state index in [2.05, 4.69) is 15.2 Å². The summed E-state index contributed by atoms with van der Waals surface area (Å²) in [7, 11) is 0. The summed E-state index contributed by atoms with van der Waals surface area (Å²) >= 11 is 0. The molecule has 1 aromatic rings. The van der Waals surface area contributed by atoms with Gasteiger partial charge in [0.25, 0.3) is 5.92 Å². The van der Waals surface area contributed by atoms with Crippen molar-refractivity contribution in [1.82, 2.24) is 15.2 Å². The van der Waals surface area contributed by atoms with Crippen molar-refractivity contribution in [1.29, 1.82) is 0 Å². The first kappa shape index (κ1) is 20.9. The molecule has 5 nitrogen and oxygen atoms in total. The Morgan fingerprint density at radius 3 is 2.69 bits per heavy atom. The van der Waals surface area contributed by atoms with Crippen LogP contribution in [0.1, 0.15) is 55.2 Å². The monoisotopic (exact) mass is 401 g/mol. The van der Waals surface area contributed by atoms with E-state index in [1.165, 1.54) is 5.57 Å². The molecular weight excluding hydrogens is 376 g/mol. The summed E-state index contributed by atoms with van der Waals surface area (Å²) in [5.74, 6) is -2.84. The van der Waals surface area contributed by atoms with Crippen LogP contribution in [0.3, 0.4) is 0 Å². The van der Waals surface area contributed by atoms with Crippen molar-refractivity contribution in [3.05, 3.63) is 58.1 Å². The SMILES string of the molecule is CC(C=O)=CC(=CNCC(C)(F)F)C(C)N1Cc2c(ccnc2C=O)C1=C1CC1. The number of rotatable bonds is 8. The summed E-state index contributed by atoms with van der Waals surface area (Å²) < 4.78 is 26.4. The molecule has 7 heteroatoms. The number of pyridine rings is 1. The Kier molecular flexibility index (Phi) is 5.96. The molecule has 0 amide bonds. The van der Waals surface area contributed by atoms with E-state index in [4.69, 9.17) is 0 Å². The second-order valence-electron chi connectivity index (χ2n) is 7.70. The molecular formula is C22H25F2N3O2. The van der Waals surface area contributed by atoms with Crippen LogP contribution in [0.2, 0.25) is 0 Å². The third-order valence-corrected chi connectivity index (χ3v) is 5.12. The van der Waals surface area contributed by atoms with Gasteiger partial charge in [-0.15, -0.1) is 0 Å². The van der Waals surface area contributed by atoms with Gasteiger partial charge in [0, 0.05) is 42.7 Å². The Hall–Kier alpha value is -2.83. The molecule has 3 rings (SSSR count). The van der Waals surface area contributed by atoms with Gasteiger partial charge in [-0.2, -0.15) is 0 Å². The number of halogens is 2. The summed E-state index contributed by atoms with van der Waals surface area (Å²) in [5, 5.41) is 2.68. The topological polar surface area (TPSA) is 62.3 Å². The first-order chi connectivity index (χ1) is 13.7. The zero-order valence-electron chi connectivity index (χ0n) is 16.8. The molecule has 2 aliphatic rings. The first-order valence-electron chi connectivity index (χ1n) is 9.62. The highest BCUT2D eigenvalue weighted by molar-refractivity contribution is 5.83. The largest absolute Gasteiger partial charge is 0.385 e. The van der Waals surface area contributed by atoms with Crippen molar-refractivity contribution in [2.45, 2.75) is 52.1 Å². The van der Waals surface area contributed by atoms with Crippen LogP contribution in [0.15, 0.2) is 41.3 Å². The van der Waals surface area contributed by atoms with Gasteiger partial charge in [0.05, 0.1) is 12.6 Å². The lowest BCUT2D eigenvalue weighted by molar-refractivity contribution is -0.104. The third kappa shape index (κ3) is 4.78. The first-order valence-corrected chi connectivity index (χ1v) is 9.62. The second-order valence-corrected chi connectivity index (χ2v) is 7.70. The lowest BCUT2D eigenvalue weighted by atomic mass is 10.0. The minimum absolute atomic E-state index is 0.196. The highest BCUT2D eigenvalue weighted by Gasteiger charge is 2.35. The van der Waals surface area contributed by atoms with Gasteiger partial charge in [-0.05, 0) is 55.6 Å². The van der Waals surface area contributed by atoms with Gasteiger partial charge in [0.15, 0.2) is 6.29 Å². The average Bonchev–Trinajstić information content (AvgIpc) is 3.44. The molecule has 0 radical (unpaired) electrons. The Morgan fingerprint density at radius 1 is 1.38 bits per heavy atom. The zero-order chi connectivity index (χ0) is 21.2. The van der Waals surface area contributed by atoms with Crippen LogP contribution in [0.25, 0.3) is 5.70 Å². The normalized spacial score (nSPS) is 17.9. The summed E-state index contributed by atoms with van der Waals surface area (Å²) in [5.41, 5.74) is 5.91. The molecule has 29 heavy (non-hydrogen) atoms. The number of hydrogen-bond donors (Lipinski definition) is 1. The van der Waals surface area contributed by atoms with E-state index in [0.29, 0.717) is 23.4 Å². The van der Waals surface area contributed by atoms with Gasteiger partial charge >= 0.3 is 0 Å². The molecule has 0 saturated heterocycles. The van der Waals surface area contributed by atoms with E-state index < -0.39 is 12.5 Å². The molecule has 1 aromatic heterocycles. The van der Waals surface area contributed by atoms with E-state index in [-0.39, 0.29) is 6.04 Å². The smallest absolute Gasteiger partial charge is 0.262 e. The molecule has 1 unspecified atom stereocenters. The van der Waals surface area contributed by atoms with Crippen LogP contribution in [0, 0.1) is 0 Å². The van der Waals surface area contributed by atoms with Gasteiger partial charge in [0.1, 0.15) is 12.0 Å². The van der Waals surface area contributed by atoms with Gasteiger partial charge < -0.3 is 10.2 Å². The van der Waals surface area contributed by atoms with Crippen molar-refractivity contribution < 1.29 is 18.4 Å². The number of carbonyl (C=O) groups is 2. The molecule has 1 atom stereocenters. The van der Waals surface area contributed by atoms with Crippen LogP contribution in [0.4, 0.5) is 8.78 Å². The maximum absolute atomic E-state index is 13.2. The van der Waals surface area contributed by atoms with Gasteiger partial charge in [-0.3, -0.25) is 14.6 Å². The van der Waals surface area contributed by atoms with Gasteiger partial charge in [-0.1, -0.05) is 0 Å². The Bertz CT molecular complexity index is 907. The van der Waals surface area contributed by atoms with Crippen LogP contribution in [-0.4, -0.2) is 41.0 Å². The standard InChI is InChI=1S/C22H25F2N3O2/c1-14(11-28)8-17(9-25-13-22(3,23)24)15(2)27-10-19-18(21(27)16-4-5-16)6-7-26-20(19)12-29/h6-9,11-12,15,25H,4-5,10,13H2,1-3H3. The van der Waals surface area contributed by atoms with Crippen LogP contribution >= 0.6 is 0 Å². The lowest BCUT2D eigenvalue weighted by Gasteiger charge is -2.29. The van der Waals surface area contributed by atoms with Crippen molar-refractivity contribution in [3.63, 3.8) is 0 Å². The number of nitrogens with one attached hydrogen (secondary N) is 1. The number of hydrogen-bond acceptors (Lipinski definition) is 5. The minimum atomic E-state index is -2.84. The molecule has 0 bridgehead atoms. The number of carbonyl (C=O) groups excluding carboxylic acids is 2. The predicted molar refractivity (Wildman–Crippen MR) is 107 cm³/mol. The predicted octanol–water partition coefficient (Wildman–Crippen LogP) is 3.88. The number of alkyl halides is 2. The van der Waals surface area contributed by atoms with Crippen molar-refractivity contribution in [2.24, 2.45) is 0 Å². The fourth-order valence-corrected chi connectivity index (χ4v) is 3.53. The fraction of sp³-hybridized carbons (Fsp3) is 0.409. The molecule has 0 aromatic carbocycles. The van der Waals surface area contributed by atoms with Gasteiger partial charge in [-0.25, -0.2) is 8.78 Å². The molecule has 2 heterocycles. The van der Waals surface area contributed by atoms with Crippen molar-refractivity contribution in [3.8, 4) is 0 Å². The number of aromatic nitrogens is 1. The Morgan fingerprint density at radius 2 is 2.10 bits per heavy atom. The Labute approximate surface area is 169 Å². The van der Waals surface area contributed by atoms with Crippen molar-refractivity contribution >= 4 is 18.3 Å². The summed E-state index contributed by atoms with van der Waals surface area (Å²) in [6, 6.07) is 1.72. The molecule has 0 spiro atoms. The van der Waals surface area contributed by atoms with Crippen LogP contribution < -0.4 is 5.32 Å². The average molecular weight is 401 g/mol. The summed E-state index contributed by atoms with van der Waals surface area (Å²) in [4.78, 5) is 28.9. The van der Waals surface area contributed by atoms with E-state index in [0.717, 1.165) is 49.2 Å². The highest BCUT2D eigenvalue weighted by atomic mass is 19.3. The number of nitrogens with zero attached hydrogens (tertiary/aromatic N) is 2. The van der Waals surface area contributed by atoms with E-state index in [9.17, 15) is 18.4 Å². The maximum atomic E-state index is 13.2. The van der Waals surface area contributed by atoms with Crippen LogP contribution in [-0.2, 0) is 11.3 Å². The van der Waals surface area contributed by atoms with Crippen LogP contribution in [0.5, 0.6) is 0 Å². The second kappa shape index (κ2) is 8.27. The molecule has 1 aliphatic heterocycles. The number of aldehydes is 2. The molecule has 1 N–H and O–H groups in total. The number of allylic oxidation sites excluding steroid dienone is 2. The quantitative estimate of drug-likeness (QED) is 0.407. The van der Waals surface area contributed by atoms with E-state index in [1.807, 2.05) is 13.0 Å². The van der Waals surface area contributed by atoms with Gasteiger partial charge in [0.2, 0.25) is 0 Å². The molecule has 154 valence electrons. The lowest BCUT2D eigenvalue weighted by Crippen LogP contribution is -2.31. The van der Waals surface area contributed by atoms with E-state index in [1.54, 1.807) is 25.4 Å². The summed E-state index contributed by atoms with van der Waals surface area (Å²) in [6.45, 7) is 4.51. The number of fused-ring (bicyclic) bond motifs is 1. The summed E-state index contributed by atoms with van der Waals surface area (Å²) in [6.07, 6.45) is 8.39. The maximum Gasteiger partial charge on any atom is 0.262 e. The fourth-order valence-electron chi connectivity index (χ4n) is 3.53. The third-order valence-electron chi connectivity index (χ3n) is 5.12. The van der Waals surface area contributed by atoms with E-state index >= 15 is 0 Å². The molecule has 1 saturated carbocycles. The zero-order valence-corrected chi connectivity index (χ0v) is 16.8. The molecule has 1 aliphatic carbocycles. The highest BCUT2D eigenvalue weighted by Crippen LogP contribution is 2.45. The Balaban J connectivity index is 1.96.